The zero-order valence-corrected chi connectivity index (χ0v) is 24.6. The molecule has 0 fully saturated rings. The van der Waals surface area contributed by atoms with Gasteiger partial charge in [0.1, 0.15) is 11.4 Å². The quantitative estimate of drug-likeness (QED) is 0.152. The standard InChI is InChI=1S/C31H31F4N3O6/c1-28(2,3)44-27(41)38-29(4,5)19-15-21(17-6-9-20(32)10-7-17)36-25(16-19)30(42,31(33,34)35)13-12-23(39)18-8-11-24-22(14-18)37-26(40)43-24/h6-11,14-16,42H,12-13H2,1-5H3,(H,37,40)(H,38,41). The summed E-state index contributed by atoms with van der Waals surface area (Å²) in [6, 6.07) is 11.1. The third-order valence-electron chi connectivity index (χ3n) is 6.85. The van der Waals surface area contributed by atoms with Crippen molar-refractivity contribution in [3.63, 3.8) is 0 Å². The minimum atomic E-state index is -5.29. The maximum atomic E-state index is 14.7. The van der Waals surface area contributed by atoms with Gasteiger partial charge in [0.2, 0.25) is 5.60 Å². The van der Waals surface area contributed by atoms with Crippen LogP contribution in [0.2, 0.25) is 0 Å². The molecular formula is C31H31F4N3O6. The number of fused-ring (bicyclic) bond motifs is 1. The molecule has 4 aromatic rings. The molecule has 2 aromatic heterocycles. The first kappa shape index (κ1) is 32.4. The molecule has 4 rings (SSSR count). The maximum Gasteiger partial charge on any atom is 0.422 e. The van der Waals surface area contributed by atoms with E-state index >= 15 is 0 Å². The zero-order valence-electron chi connectivity index (χ0n) is 24.6. The van der Waals surface area contributed by atoms with E-state index in [4.69, 9.17) is 9.15 Å². The van der Waals surface area contributed by atoms with Gasteiger partial charge in [-0.2, -0.15) is 13.2 Å². The Morgan fingerprint density at radius 1 is 1.00 bits per heavy atom. The Bertz CT molecular complexity index is 1750. The molecule has 0 aliphatic carbocycles. The number of ether oxygens (including phenoxy) is 1. The molecule has 0 saturated heterocycles. The monoisotopic (exact) mass is 617 g/mol. The number of rotatable bonds is 8. The Kier molecular flexibility index (Phi) is 8.49. The number of carbonyl (C=O) groups is 2. The molecule has 0 bridgehead atoms. The Morgan fingerprint density at radius 2 is 1.66 bits per heavy atom. The number of hydrogen-bond acceptors (Lipinski definition) is 7. The van der Waals surface area contributed by atoms with Crippen molar-refractivity contribution < 1.29 is 41.4 Å². The second kappa shape index (κ2) is 11.5. The molecule has 0 saturated carbocycles. The lowest BCUT2D eigenvalue weighted by Gasteiger charge is -2.33. The largest absolute Gasteiger partial charge is 0.444 e. The van der Waals surface area contributed by atoms with Gasteiger partial charge in [0.25, 0.3) is 0 Å². The van der Waals surface area contributed by atoms with E-state index in [1.807, 2.05) is 0 Å². The molecule has 0 aliphatic rings. The van der Waals surface area contributed by atoms with E-state index in [2.05, 4.69) is 15.3 Å². The number of hydrogen-bond donors (Lipinski definition) is 3. The lowest BCUT2D eigenvalue weighted by molar-refractivity contribution is -0.270. The van der Waals surface area contributed by atoms with Crippen LogP contribution in [0.15, 0.2) is 63.8 Å². The third kappa shape index (κ3) is 7.16. The summed E-state index contributed by atoms with van der Waals surface area (Å²) in [6.45, 7) is 7.99. The first-order valence-corrected chi connectivity index (χ1v) is 13.5. The fourth-order valence-electron chi connectivity index (χ4n) is 4.48. The van der Waals surface area contributed by atoms with Crippen molar-refractivity contribution in [3.8, 4) is 11.3 Å². The van der Waals surface area contributed by atoms with Crippen LogP contribution in [0.25, 0.3) is 22.4 Å². The van der Waals surface area contributed by atoms with Crippen LogP contribution in [0.4, 0.5) is 22.4 Å². The van der Waals surface area contributed by atoms with Crippen LogP contribution in [0.1, 0.15) is 69.1 Å². The summed E-state index contributed by atoms with van der Waals surface area (Å²) in [7, 11) is 0. The van der Waals surface area contributed by atoms with E-state index in [-0.39, 0.29) is 33.5 Å². The number of benzene rings is 2. The fourth-order valence-corrected chi connectivity index (χ4v) is 4.48. The average Bonchev–Trinajstić information content (AvgIpc) is 3.28. The normalized spacial score (nSPS) is 13.9. The van der Waals surface area contributed by atoms with Crippen LogP contribution in [0.5, 0.6) is 0 Å². The number of aliphatic hydroxyl groups is 1. The number of H-pyrrole nitrogens is 1. The number of alkyl halides is 3. The molecule has 1 unspecified atom stereocenters. The molecule has 1 amide bonds. The lowest BCUT2D eigenvalue weighted by Crippen LogP contribution is -2.45. The first-order chi connectivity index (χ1) is 20.3. The number of nitrogens with one attached hydrogen (secondary N) is 2. The van der Waals surface area contributed by atoms with Crippen molar-refractivity contribution in [1.82, 2.24) is 15.3 Å². The Morgan fingerprint density at radius 3 is 2.27 bits per heavy atom. The highest BCUT2D eigenvalue weighted by Gasteiger charge is 2.56. The summed E-state index contributed by atoms with van der Waals surface area (Å²) in [5.74, 6) is -2.08. The van der Waals surface area contributed by atoms with Crippen LogP contribution in [-0.4, -0.2) is 38.7 Å². The smallest absolute Gasteiger partial charge is 0.422 e. The van der Waals surface area contributed by atoms with Gasteiger partial charge >= 0.3 is 18.0 Å². The van der Waals surface area contributed by atoms with Gasteiger partial charge in [-0.25, -0.2) is 19.0 Å². The van der Waals surface area contributed by atoms with Gasteiger partial charge in [-0.05, 0) is 101 Å². The van der Waals surface area contributed by atoms with Crippen molar-refractivity contribution in [3.05, 3.63) is 87.8 Å². The van der Waals surface area contributed by atoms with Crippen LogP contribution < -0.4 is 11.1 Å². The van der Waals surface area contributed by atoms with Crippen molar-refractivity contribution in [2.24, 2.45) is 0 Å². The molecule has 1 atom stereocenters. The molecular weight excluding hydrogens is 586 g/mol. The van der Waals surface area contributed by atoms with Gasteiger partial charge in [-0.1, -0.05) is 0 Å². The fraction of sp³-hybridized carbons (Fsp3) is 0.355. The highest BCUT2D eigenvalue weighted by molar-refractivity contribution is 5.98. The second-order valence-electron chi connectivity index (χ2n) is 11.9. The van der Waals surface area contributed by atoms with Crippen molar-refractivity contribution >= 4 is 23.0 Å². The Balaban J connectivity index is 1.76. The SMILES string of the molecule is CC(C)(C)OC(=O)NC(C)(C)c1cc(-c2ccc(F)cc2)nc(C(O)(CCC(=O)c2ccc3oc(=O)[nH]c3c2)C(F)(F)F)c1. The number of aromatic amines is 1. The molecule has 2 aromatic carbocycles. The first-order valence-electron chi connectivity index (χ1n) is 13.5. The predicted molar refractivity (Wildman–Crippen MR) is 152 cm³/mol. The zero-order chi connectivity index (χ0) is 32.7. The topological polar surface area (TPSA) is 135 Å². The van der Waals surface area contributed by atoms with Gasteiger partial charge in [-0.15, -0.1) is 0 Å². The number of carbonyl (C=O) groups excluding carboxylic acids is 2. The van der Waals surface area contributed by atoms with E-state index in [0.29, 0.717) is 0 Å². The molecule has 2 heterocycles. The highest BCUT2D eigenvalue weighted by atomic mass is 19.4. The molecule has 9 nitrogen and oxygen atoms in total. The molecule has 234 valence electrons. The Hall–Kier alpha value is -4.52. The number of Topliss-reactive ketones (excluding diaryl/α,β-unsaturated/α-hetero) is 1. The highest BCUT2D eigenvalue weighted by Crippen LogP contribution is 2.43. The summed E-state index contributed by atoms with van der Waals surface area (Å²) in [5.41, 5.74) is -5.97. The van der Waals surface area contributed by atoms with Crippen LogP contribution in [0, 0.1) is 5.82 Å². The third-order valence-corrected chi connectivity index (χ3v) is 6.85. The van der Waals surface area contributed by atoms with E-state index < -0.39 is 64.9 Å². The number of oxazole rings is 1. The Labute approximate surface area is 249 Å². The van der Waals surface area contributed by atoms with E-state index in [1.54, 1.807) is 20.8 Å². The number of ketones is 1. The summed E-state index contributed by atoms with van der Waals surface area (Å²) in [5, 5.41) is 13.9. The molecule has 13 heteroatoms. The second-order valence-corrected chi connectivity index (χ2v) is 11.9. The predicted octanol–water partition coefficient (Wildman–Crippen LogP) is 6.50. The maximum absolute atomic E-state index is 14.7. The van der Waals surface area contributed by atoms with Crippen molar-refractivity contribution in [2.45, 2.75) is 70.4 Å². The van der Waals surface area contributed by atoms with Crippen LogP contribution in [0.3, 0.4) is 0 Å². The van der Waals surface area contributed by atoms with E-state index in [9.17, 15) is 37.1 Å². The molecule has 0 spiro atoms. The summed E-state index contributed by atoms with van der Waals surface area (Å²) >= 11 is 0. The summed E-state index contributed by atoms with van der Waals surface area (Å²) in [4.78, 5) is 43.5. The minimum absolute atomic E-state index is 0.00419. The van der Waals surface area contributed by atoms with Crippen LogP contribution >= 0.6 is 0 Å². The lowest BCUT2D eigenvalue weighted by atomic mass is 9.86. The minimum Gasteiger partial charge on any atom is -0.444 e. The van der Waals surface area contributed by atoms with Gasteiger partial charge in [0.05, 0.1) is 22.4 Å². The number of amides is 1. The summed E-state index contributed by atoms with van der Waals surface area (Å²) in [6.07, 6.45) is -7.98. The average molecular weight is 618 g/mol. The van der Waals surface area contributed by atoms with E-state index in [0.717, 1.165) is 18.2 Å². The number of alkyl carbamates (subject to hydrolysis) is 1. The number of halogens is 4. The molecule has 44 heavy (non-hydrogen) atoms. The number of pyridine rings is 1. The number of aromatic nitrogens is 2. The van der Waals surface area contributed by atoms with E-state index in [1.165, 1.54) is 50.2 Å². The van der Waals surface area contributed by atoms with Crippen molar-refractivity contribution in [1.29, 1.82) is 0 Å². The molecule has 0 radical (unpaired) electrons. The van der Waals surface area contributed by atoms with Crippen LogP contribution in [-0.2, 0) is 15.9 Å². The summed E-state index contributed by atoms with van der Waals surface area (Å²) < 4.78 is 67.9. The number of nitrogens with zero attached hydrogens (tertiary/aromatic N) is 1. The van der Waals surface area contributed by atoms with Gasteiger partial charge in [0, 0.05) is 17.5 Å². The van der Waals surface area contributed by atoms with Gasteiger partial charge in [-0.3, -0.25) is 9.78 Å². The molecule has 3 N–H and O–H groups in total. The van der Waals surface area contributed by atoms with Gasteiger partial charge < -0.3 is 19.6 Å². The van der Waals surface area contributed by atoms with Gasteiger partial charge in [0.15, 0.2) is 11.4 Å². The van der Waals surface area contributed by atoms with Crippen molar-refractivity contribution in [2.75, 3.05) is 0 Å². The molecule has 0 aliphatic heterocycles.